The zero-order valence-electron chi connectivity index (χ0n) is 12.2. The maximum atomic E-state index is 12.0. The van der Waals surface area contributed by atoms with Gasteiger partial charge >= 0.3 is 0 Å². The van der Waals surface area contributed by atoms with Crippen molar-refractivity contribution in [1.29, 1.82) is 0 Å². The van der Waals surface area contributed by atoms with E-state index in [0.717, 1.165) is 11.3 Å². The summed E-state index contributed by atoms with van der Waals surface area (Å²) in [6.07, 6.45) is 5.00. The molecule has 0 radical (unpaired) electrons. The number of nitrogens with one attached hydrogen (secondary N) is 2. The number of carbonyl (C=O) groups is 1. The summed E-state index contributed by atoms with van der Waals surface area (Å²) in [7, 11) is 0. The van der Waals surface area contributed by atoms with E-state index in [1.165, 1.54) is 25.7 Å². The van der Waals surface area contributed by atoms with Gasteiger partial charge in [-0.2, -0.15) is 0 Å². The Kier molecular flexibility index (Phi) is 5.44. The Balaban J connectivity index is 1.85. The molecule has 0 unspecified atom stereocenters. The highest BCUT2D eigenvalue weighted by Crippen LogP contribution is 2.24. The van der Waals surface area contributed by atoms with Gasteiger partial charge in [-0.15, -0.1) is 0 Å². The van der Waals surface area contributed by atoms with Crippen LogP contribution in [0.1, 0.15) is 38.2 Å². The standard InChI is InChI=1S/C16H23ClN2O/c1-11-6-3-4-8-14(11)18-10-16(20)19-15-9-5-7-13(17)12(15)2/h5,7,9,11,14,18H,3-4,6,8,10H2,1-2H3,(H,19,20)/t11-,14+/m0/s1. The Morgan fingerprint density at radius 2 is 2.10 bits per heavy atom. The van der Waals surface area contributed by atoms with Gasteiger partial charge in [-0.3, -0.25) is 4.79 Å². The molecule has 1 amide bonds. The van der Waals surface area contributed by atoms with Crippen LogP contribution in [0.15, 0.2) is 18.2 Å². The van der Waals surface area contributed by atoms with Crippen LogP contribution in [0.3, 0.4) is 0 Å². The third kappa shape index (κ3) is 3.97. The van der Waals surface area contributed by atoms with Gasteiger partial charge < -0.3 is 10.6 Å². The molecule has 2 N–H and O–H groups in total. The van der Waals surface area contributed by atoms with Gasteiger partial charge in [0, 0.05) is 16.8 Å². The first-order chi connectivity index (χ1) is 9.58. The summed E-state index contributed by atoms with van der Waals surface area (Å²) >= 11 is 6.05. The van der Waals surface area contributed by atoms with Crippen molar-refractivity contribution in [2.75, 3.05) is 11.9 Å². The van der Waals surface area contributed by atoms with E-state index in [4.69, 9.17) is 11.6 Å². The molecule has 4 heteroatoms. The lowest BCUT2D eigenvalue weighted by atomic mass is 9.86. The highest BCUT2D eigenvalue weighted by Gasteiger charge is 2.21. The molecule has 1 aromatic carbocycles. The number of anilines is 1. The quantitative estimate of drug-likeness (QED) is 0.888. The van der Waals surface area contributed by atoms with Crippen molar-refractivity contribution < 1.29 is 4.79 Å². The van der Waals surface area contributed by atoms with E-state index in [0.29, 0.717) is 23.5 Å². The van der Waals surface area contributed by atoms with Gasteiger partial charge in [-0.05, 0) is 43.4 Å². The van der Waals surface area contributed by atoms with Crippen LogP contribution in [0.5, 0.6) is 0 Å². The van der Waals surface area contributed by atoms with Crippen LogP contribution >= 0.6 is 11.6 Å². The Morgan fingerprint density at radius 1 is 1.35 bits per heavy atom. The lowest BCUT2D eigenvalue weighted by molar-refractivity contribution is -0.115. The zero-order chi connectivity index (χ0) is 14.5. The molecule has 0 bridgehead atoms. The van der Waals surface area contributed by atoms with Crippen LogP contribution in [0.4, 0.5) is 5.69 Å². The first-order valence-electron chi connectivity index (χ1n) is 7.36. The number of amides is 1. The Hall–Kier alpha value is -1.06. The number of halogens is 1. The molecule has 0 aromatic heterocycles. The normalized spacial score (nSPS) is 22.6. The zero-order valence-corrected chi connectivity index (χ0v) is 13.0. The second kappa shape index (κ2) is 7.09. The Morgan fingerprint density at radius 3 is 2.85 bits per heavy atom. The van der Waals surface area contributed by atoms with Crippen LogP contribution in [0, 0.1) is 12.8 Å². The lowest BCUT2D eigenvalue weighted by Gasteiger charge is -2.29. The van der Waals surface area contributed by atoms with Gasteiger partial charge in [0.2, 0.25) is 5.91 Å². The molecular weight excluding hydrogens is 272 g/mol. The fourth-order valence-electron chi connectivity index (χ4n) is 2.78. The summed E-state index contributed by atoms with van der Waals surface area (Å²) in [5.41, 5.74) is 1.70. The number of hydrogen-bond acceptors (Lipinski definition) is 2. The molecule has 1 saturated carbocycles. The minimum atomic E-state index is -0.00635. The molecule has 1 aliphatic carbocycles. The van der Waals surface area contributed by atoms with E-state index in [2.05, 4.69) is 17.6 Å². The molecular formula is C16H23ClN2O. The molecule has 0 aliphatic heterocycles. The van der Waals surface area contributed by atoms with Crippen LogP contribution in [0.25, 0.3) is 0 Å². The highest BCUT2D eigenvalue weighted by atomic mass is 35.5. The predicted molar refractivity (Wildman–Crippen MR) is 84.2 cm³/mol. The van der Waals surface area contributed by atoms with Gasteiger partial charge in [0.15, 0.2) is 0 Å². The van der Waals surface area contributed by atoms with E-state index in [-0.39, 0.29) is 5.91 Å². The highest BCUT2D eigenvalue weighted by molar-refractivity contribution is 6.31. The minimum absolute atomic E-state index is 0.00635. The van der Waals surface area contributed by atoms with Gasteiger partial charge in [-0.1, -0.05) is 37.4 Å². The summed E-state index contributed by atoms with van der Waals surface area (Å²) in [6.45, 7) is 4.53. The first kappa shape index (κ1) is 15.3. The molecule has 1 aromatic rings. The SMILES string of the molecule is Cc1c(Cl)cccc1NC(=O)CN[C@@H]1CCCC[C@@H]1C. The van der Waals surface area contributed by atoms with Gasteiger partial charge in [-0.25, -0.2) is 0 Å². The molecule has 0 saturated heterocycles. The van der Waals surface area contributed by atoms with Crippen LogP contribution in [-0.2, 0) is 4.79 Å². The molecule has 3 nitrogen and oxygen atoms in total. The van der Waals surface area contributed by atoms with Crippen LogP contribution in [-0.4, -0.2) is 18.5 Å². The summed E-state index contributed by atoms with van der Waals surface area (Å²) in [5.74, 6) is 0.651. The summed E-state index contributed by atoms with van der Waals surface area (Å²) in [6, 6.07) is 6.02. The Bertz CT molecular complexity index is 476. The number of carbonyl (C=O) groups excluding carboxylic acids is 1. The van der Waals surface area contributed by atoms with Crippen molar-refractivity contribution in [2.24, 2.45) is 5.92 Å². The number of benzene rings is 1. The molecule has 0 heterocycles. The Labute approximate surface area is 126 Å². The van der Waals surface area contributed by atoms with Crippen molar-refractivity contribution in [3.05, 3.63) is 28.8 Å². The second-order valence-electron chi connectivity index (χ2n) is 5.71. The van der Waals surface area contributed by atoms with E-state index in [1.807, 2.05) is 25.1 Å². The van der Waals surface area contributed by atoms with Crippen molar-refractivity contribution in [1.82, 2.24) is 5.32 Å². The first-order valence-corrected chi connectivity index (χ1v) is 7.74. The topological polar surface area (TPSA) is 41.1 Å². The maximum absolute atomic E-state index is 12.0. The molecule has 110 valence electrons. The minimum Gasteiger partial charge on any atom is -0.325 e. The van der Waals surface area contributed by atoms with E-state index >= 15 is 0 Å². The summed E-state index contributed by atoms with van der Waals surface area (Å²) < 4.78 is 0. The van der Waals surface area contributed by atoms with Crippen molar-refractivity contribution in [2.45, 2.75) is 45.6 Å². The maximum Gasteiger partial charge on any atom is 0.238 e. The summed E-state index contributed by atoms with van der Waals surface area (Å²) in [5, 5.41) is 6.98. The monoisotopic (exact) mass is 294 g/mol. The molecule has 20 heavy (non-hydrogen) atoms. The van der Waals surface area contributed by atoms with Gasteiger partial charge in [0.25, 0.3) is 0 Å². The molecule has 2 atom stereocenters. The lowest BCUT2D eigenvalue weighted by Crippen LogP contribution is -2.41. The average Bonchev–Trinajstić information content (AvgIpc) is 2.43. The van der Waals surface area contributed by atoms with Gasteiger partial charge in [0.1, 0.15) is 0 Å². The van der Waals surface area contributed by atoms with Gasteiger partial charge in [0.05, 0.1) is 6.54 Å². The van der Waals surface area contributed by atoms with Crippen LogP contribution < -0.4 is 10.6 Å². The molecule has 0 spiro atoms. The second-order valence-corrected chi connectivity index (χ2v) is 6.12. The van der Waals surface area contributed by atoms with E-state index < -0.39 is 0 Å². The third-order valence-electron chi connectivity index (χ3n) is 4.18. The third-order valence-corrected chi connectivity index (χ3v) is 4.59. The van der Waals surface area contributed by atoms with Crippen molar-refractivity contribution in [3.63, 3.8) is 0 Å². The van der Waals surface area contributed by atoms with E-state index in [9.17, 15) is 4.79 Å². The van der Waals surface area contributed by atoms with Crippen molar-refractivity contribution >= 4 is 23.2 Å². The predicted octanol–water partition coefficient (Wildman–Crippen LogP) is 3.76. The smallest absolute Gasteiger partial charge is 0.238 e. The fourth-order valence-corrected chi connectivity index (χ4v) is 2.96. The molecule has 2 rings (SSSR count). The molecule has 1 fully saturated rings. The van der Waals surface area contributed by atoms with Crippen LogP contribution in [0.2, 0.25) is 5.02 Å². The molecule has 1 aliphatic rings. The van der Waals surface area contributed by atoms with Crippen molar-refractivity contribution in [3.8, 4) is 0 Å². The fraction of sp³-hybridized carbons (Fsp3) is 0.562. The summed E-state index contributed by atoms with van der Waals surface area (Å²) in [4.78, 5) is 12.0. The largest absolute Gasteiger partial charge is 0.325 e. The average molecular weight is 295 g/mol. The number of rotatable bonds is 4. The van der Waals surface area contributed by atoms with E-state index in [1.54, 1.807) is 0 Å². The number of hydrogen-bond donors (Lipinski definition) is 2.